The summed E-state index contributed by atoms with van der Waals surface area (Å²) in [6.45, 7) is 0.714. The third kappa shape index (κ3) is 1.60. The average molecular weight is 203 g/mol. The first-order valence-electron chi connectivity index (χ1n) is 4.36. The molecule has 1 saturated heterocycles. The van der Waals surface area contributed by atoms with Crippen molar-refractivity contribution in [3.8, 4) is 0 Å². The molecule has 0 aromatic carbocycles. The number of halogens is 2. The van der Waals surface area contributed by atoms with E-state index in [9.17, 15) is 8.78 Å². The largest absolute Gasteiger partial charge is 0.308 e. The Morgan fingerprint density at radius 1 is 1.54 bits per heavy atom. The summed E-state index contributed by atoms with van der Waals surface area (Å²) in [6.07, 6.45) is 1.43. The minimum absolute atomic E-state index is 0.173. The maximum absolute atomic E-state index is 13.6. The first kappa shape index (κ1) is 9.09. The van der Waals surface area contributed by atoms with Gasteiger partial charge in [-0.05, 0) is 30.8 Å². The predicted octanol–water partition coefficient (Wildman–Crippen LogP) is 2.59. The highest BCUT2D eigenvalue weighted by Gasteiger charge is 2.43. The lowest BCUT2D eigenvalue weighted by molar-refractivity contribution is -0.0340. The predicted molar refractivity (Wildman–Crippen MR) is 49.2 cm³/mol. The molecule has 4 heteroatoms. The molecule has 0 bridgehead atoms. The summed E-state index contributed by atoms with van der Waals surface area (Å²) in [5, 5.41) is 4.53. The van der Waals surface area contributed by atoms with Gasteiger partial charge in [0, 0.05) is 0 Å². The molecule has 2 heterocycles. The van der Waals surface area contributed by atoms with E-state index in [1.54, 1.807) is 11.4 Å². The van der Waals surface area contributed by atoms with Gasteiger partial charge in [0.1, 0.15) is 0 Å². The Labute approximate surface area is 79.8 Å². The standard InChI is InChI=1S/C9H11F2NS/c10-9(11,7-3-1-5-12-7)8-4-2-6-13-8/h2,4,6-7,12H,1,3,5H2. The molecule has 72 valence electrons. The van der Waals surface area contributed by atoms with E-state index in [1.807, 2.05) is 0 Å². The highest BCUT2D eigenvalue weighted by Crippen LogP contribution is 2.37. The van der Waals surface area contributed by atoms with Crippen LogP contribution in [0.15, 0.2) is 17.5 Å². The minimum atomic E-state index is -2.69. The molecule has 2 rings (SSSR count). The van der Waals surface area contributed by atoms with Crippen molar-refractivity contribution in [1.29, 1.82) is 0 Å². The fourth-order valence-electron chi connectivity index (χ4n) is 1.63. The molecule has 13 heavy (non-hydrogen) atoms. The molecule has 1 aromatic heterocycles. The highest BCUT2D eigenvalue weighted by atomic mass is 32.1. The van der Waals surface area contributed by atoms with Gasteiger partial charge >= 0.3 is 0 Å². The van der Waals surface area contributed by atoms with Crippen molar-refractivity contribution in [2.75, 3.05) is 6.54 Å². The maximum atomic E-state index is 13.6. The summed E-state index contributed by atoms with van der Waals surface area (Å²) >= 11 is 1.13. The van der Waals surface area contributed by atoms with Crippen LogP contribution in [0, 0.1) is 0 Å². The quantitative estimate of drug-likeness (QED) is 0.779. The van der Waals surface area contributed by atoms with Crippen molar-refractivity contribution in [2.45, 2.75) is 24.8 Å². The third-order valence-corrected chi connectivity index (χ3v) is 3.30. The SMILES string of the molecule is FC(F)(c1cccs1)C1CCCN1. The van der Waals surface area contributed by atoms with Gasteiger partial charge in [-0.25, -0.2) is 0 Å². The Balaban J connectivity index is 2.19. The van der Waals surface area contributed by atoms with Crippen LogP contribution < -0.4 is 5.32 Å². The lowest BCUT2D eigenvalue weighted by Crippen LogP contribution is -2.37. The van der Waals surface area contributed by atoms with Crippen LogP contribution in [0.5, 0.6) is 0 Å². The van der Waals surface area contributed by atoms with Gasteiger partial charge in [-0.3, -0.25) is 0 Å². The number of thiophene rings is 1. The number of hydrogen-bond acceptors (Lipinski definition) is 2. The molecule has 1 aliphatic rings. The normalized spacial score (nSPS) is 23.7. The maximum Gasteiger partial charge on any atom is 0.297 e. The van der Waals surface area contributed by atoms with E-state index >= 15 is 0 Å². The van der Waals surface area contributed by atoms with E-state index in [0.717, 1.165) is 17.8 Å². The molecule has 1 nitrogen and oxygen atoms in total. The molecule has 1 aliphatic heterocycles. The van der Waals surface area contributed by atoms with E-state index in [0.29, 0.717) is 13.0 Å². The zero-order valence-electron chi connectivity index (χ0n) is 7.09. The van der Waals surface area contributed by atoms with Crippen molar-refractivity contribution in [2.24, 2.45) is 0 Å². The van der Waals surface area contributed by atoms with E-state index in [4.69, 9.17) is 0 Å². The average Bonchev–Trinajstić information content (AvgIpc) is 2.78. The molecule has 0 aliphatic carbocycles. The van der Waals surface area contributed by atoms with E-state index < -0.39 is 12.0 Å². The van der Waals surface area contributed by atoms with Crippen LogP contribution in [0.4, 0.5) is 8.78 Å². The number of rotatable bonds is 2. The van der Waals surface area contributed by atoms with Gasteiger partial charge in [-0.2, -0.15) is 8.78 Å². The third-order valence-electron chi connectivity index (χ3n) is 2.35. The number of alkyl halides is 2. The van der Waals surface area contributed by atoms with Crippen LogP contribution in [-0.2, 0) is 5.92 Å². The van der Waals surface area contributed by atoms with E-state index in [1.165, 1.54) is 6.07 Å². The first-order valence-corrected chi connectivity index (χ1v) is 5.24. The lowest BCUT2D eigenvalue weighted by atomic mass is 10.1. The number of nitrogens with one attached hydrogen (secondary N) is 1. The van der Waals surface area contributed by atoms with Gasteiger partial charge in [-0.15, -0.1) is 11.3 Å². The zero-order valence-corrected chi connectivity index (χ0v) is 7.91. The van der Waals surface area contributed by atoms with Crippen LogP contribution in [0.1, 0.15) is 17.7 Å². The molecule has 0 spiro atoms. The van der Waals surface area contributed by atoms with Crippen molar-refractivity contribution >= 4 is 11.3 Å². The second-order valence-corrected chi connectivity index (χ2v) is 4.20. The molecule has 1 N–H and O–H groups in total. The summed E-state index contributed by atoms with van der Waals surface area (Å²) in [5.41, 5.74) is 0. The molecule has 1 atom stereocenters. The molecule has 1 unspecified atom stereocenters. The van der Waals surface area contributed by atoms with E-state index in [2.05, 4.69) is 5.32 Å². The van der Waals surface area contributed by atoms with Gasteiger partial charge < -0.3 is 5.32 Å². The first-order chi connectivity index (χ1) is 6.21. The van der Waals surface area contributed by atoms with E-state index in [-0.39, 0.29) is 4.88 Å². The summed E-state index contributed by atoms with van der Waals surface area (Å²) in [6, 6.07) is 2.51. The van der Waals surface area contributed by atoms with Crippen LogP contribution in [0.25, 0.3) is 0 Å². The van der Waals surface area contributed by atoms with Crippen molar-refractivity contribution in [3.05, 3.63) is 22.4 Å². The van der Waals surface area contributed by atoms with Crippen LogP contribution in [0.3, 0.4) is 0 Å². The fourth-order valence-corrected chi connectivity index (χ4v) is 2.39. The van der Waals surface area contributed by atoms with Crippen LogP contribution in [0.2, 0.25) is 0 Å². The minimum Gasteiger partial charge on any atom is -0.308 e. The van der Waals surface area contributed by atoms with Gasteiger partial charge in [0.15, 0.2) is 0 Å². The number of hydrogen-bond donors (Lipinski definition) is 1. The van der Waals surface area contributed by atoms with Crippen molar-refractivity contribution < 1.29 is 8.78 Å². The summed E-state index contributed by atoms with van der Waals surface area (Å²) in [4.78, 5) is 0.173. The van der Waals surface area contributed by atoms with Crippen LogP contribution in [-0.4, -0.2) is 12.6 Å². The second kappa shape index (κ2) is 3.35. The molecule has 0 radical (unpaired) electrons. The van der Waals surface area contributed by atoms with Crippen molar-refractivity contribution in [1.82, 2.24) is 5.32 Å². The molecule has 1 fully saturated rings. The highest BCUT2D eigenvalue weighted by molar-refractivity contribution is 7.10. The molecule has 0 amide bonds. The molecular formula is C9H11F2NS. The van der Waals surface area contributed by atoms with Gasteiger partial charge in [0.25, 0.3) is 5.92 Å². The zero-order chi connectivity index (χ0) is 9.31. The van der Waals surface area contributed by atoms with Crippen LogP contribution >= 0.6 is 11.3 Å². The van der Waals surface area contributed by atoms with Gasteiger partial charge in [-0.1, -0.05) is 6.07 Å². The lowest BCUT2D eigenvalue weighted by Gasteiger charge is -2.21. The smallest absolute Gasteiger partial charge is 0.297 e. The van der Waals surface area contributed by atoms with Gasteiger partial charge in [0.2, 0.25) is 0 Å². The summed E-state index contributed by atoms with van der Waals surface area (Å²) < 4.78 is 27.3. The Morgan fingerprint density at radius 2 is 2.38 bits per heavy atom. The molecular weight excluding hydrogens is 192 g/mol. The Morgan fingerprint density at radius 3 is 2.92 bits per heavy atom. The Kier molecular flexibility index (Phi) is 2.34. The van der Waals surface area contributed by atoms with Crippen molar-refractivity contribution in [3.63, 3.8) is 0 Å². The monoisotopic (exact) mass is 203 g/mol. The van der Waals surface area contributed by atoms with Gasteiger partial charge in [0.05, 0.1) is 10.9 Å². The second-order valence-electron chi connectivity index (χ2n) is 3.25. The fraction of sp³-hybridized carbons (Fsp3) is 0.556. The Bertz CT molecular complexity index is 265. The summed E-state index contributed by atoms with van der Waals surface area (Å²) in [5.74, 6) is -2.69. The summed E-state index contributed by atoms with van der Waals surface area (Å²) in [7, 11) is 0. The molecule has 0 saturated carbocycles. The Hall–Kier alpha value is -0.480. The molecule has 1 aromatic rings. The topological polar surface area (TPSA) is 12.0 Å².